The van der Waals surface area contributed by atoms with Gasteiger partial charge in [-0.25, -0.2) is 14.3 Å². The Morgan fingerprint density at radius 3 is 2.29 bits per heavy atom. The van der Waals surface area contributed by atoms with Crippen molar-refractivity contribution in [3.05, 3.63) is 90.5 Å². The van der Waals surface area contributed by atoms with Crippen LogP contribution in [0.25, 0.3) is 0 Å². The van der Waals surface area contributed by atoms with E-state index in [0.29, 0.717) is 32.8 Å². The maximum absolute atomic E-state index is 11.8. The molecule has 1 aliphatic heterocycles. The zero-order valence-electron chi connectivity index (χ0n) is 19.8. The van der Waals surface area contributed by atoms with Crippen molar-refractivity contribution in [3.8, 4) is 0 Å². The summed E-state index contributed by atoms with van der Waals surface area (Å²) >= 11 is 0. The van der Waals surface area contributed by atoms with Crippen LogP contribution in [0.2, 0.25) is 0 Å². The molecular formula is C26H34N2O6. The standard InChI is InChI=1S/C17H20N2O4.C8H10O.CH4O/c20-17(19-8-7-18-13-19)23-16-10-15(22-12-16)6-9-21-11-14-4-2-1-3-5-14;1-9-7-8-5-3-2-4-6-8;1-2/h1-5,7-8,13,15-16H,6,9-12H2;2-6H,7H2,1H3;2H,1H3/t15?,16-;;/m1../s1. The Labute approximate surface area is 201 Å². The third kappa shape index (κ3) is 10.3. The van der Waals surface area contributed by atoms with Crippen molar-refractivity contribution >= 4 is 6.09 Å². The lowest BCUT2D eigenvalue weighted by atomic mass is 10.1. The Morgan fingerprint density at radius 1 is 1.06 bits per heavy atom. The van der Waals surface area contributed by atoms with Gasteiger partial charge in [0.05, 0.1) is 25.9 Å². The normalized spacial score (nSPS) is 16.6. The van der Waals surface area contributed by atoms with Gasteiger partial charge in [-0.3, -0.25) is 0 Å². The number of methoxy groups -OCH3 is 1. The van der Waals surface area contributed by atoms with E-state index in [0.717, 1.165) is 19.1 Å². The largest absolute Gasteiger partial charge is 0.443 e. The lowest BCUT2D eigenvalue weighted by Crippen LogP contribution is -2.21. The molecule has 2 atom stereocenters. The van der Waals surface area contributed by atoms with Crippen LogP contribution in [0.4, 0.5) is 4.79 Å². The first kappa shape index (κ1) is 27.2. The minimum absolute atomic E-state index is 0.0753. The van der Waals surface area contributed by atoms with Crippen molar-refractivity contribution in [2.75, 3.05) is 27.4 Å². The zero-order chi connectivity index (χ0) is 24.4. The molecule has 4 rings (SSSR count). The minimum Gasteiger partial charge on any atom is -0.443 e. The van der Waals surface area contributed by atoms with Crippen LogP contribution in [0, 0.1) is 0 Å². The molecule has 0 bridgehead atoms. The summed E-state index contributed by atoms with van der Waals surface area (Å²) in [4.78, 5) is 15.6. The predicted molar refractivity (Wildman–Crippen MR) is 128 cm³/mol. The number of hydrogen-bond donors (Lipinski definition) is 1. The Kier molecular flexibility index (Phi) is 13.2. The average molecular weight is 471 g/mol. The van der Waals surface area contributed by atoms with Crippen LogP contribution in [0.5, 0.6) is 0 Å². The van der Waals surface area contributed by atoms with Crippen LogP contribution in [0.15, 0.2) is 79.4 Å². The first-order valence-corrected chi connectivity index (χ1v) is 11.1. The van der Waals surface area contributed by atoms with Crippen LogP contribution < -0.4 is 0 Å². The molecule has 184 valence electrons. The van der Waals surface area contributed by atoms with Crippen molar-refractivity contribution in [2.45, 2.75) is 38.3 Å². The van der Waals surface area contributed by atoms with Crippen molar-refractivity contribution in [2.24, 2.45) is 0 Å². The van der Waals surface area contributed by atoms with Crippen molar-refractivity contribution in [1.29, 1.82) is 0 Å². The SMILES string of the molecule is CO.COCc1ccccc1.O=C(O[C@H]1COC(CCOCc2ccccc2)C1)n1ccnc1. The molecule has 1 fully saturated rings. The summed E-state index contributed by atoms with van der Waals surface area (Å²) in [7, 11) is 2.70. The summed E-state index contributed by atoms with van der Waals surface area (Å²) < 4.78 is 22.9. The molecule has 8 nitrogen and oxygen atoms in total. The number of hydrogen-bond acceptors (Lipinski definition) is 7. The number of benzene rings is 2. The van der Waals surface area contributed by atoms with Gasteiger partial charge < -0.3 is 24.1 Å². The molecule has 0 radical (unpaired) electrons. The number of carbonyl (C=O) groups is 1. The Morgan fingerprint density at radius 2 is 1.71 bits per heavy atom. The molecule has 0 amide bonds. The van der Waals surface area contributed by atoms with Crippen LogP contribution in [-0.4, -0.2) is 60.4 Å². The summed E-state index contributed by atoms with van der Waals surface area (Å²) in [5.41, 5.74) is 2.38. The molecule has 34 heavy (non-hydrogen) atoms. The smallest absolute Gasteiger partial charge is 0.419 e. The van der Waals surface area contributed by atoms with E-state index in [1.807, 2.05) is 60.7 Å². The third-order valence-electron chi connectivity index (χ3n) is 4.88. The van der Waals surface area contributed by atoms with E-state index in [9.17, 15) is 4.79 Å². The van der Waals surface area contributed by atoms with Gasteiger partial charge in [-0.15, -0.1) is 0 Å². The van der Waals surface area contributed by atoms with E-state index in [4.69, 9.17) is 24.1 Å². The van der Waals surface area contributed by atoms with Crippen LogP contribution in [0.1, 0.15) is 24.0 Å². The van der Waals surface area contributed by atoms with Gasteiger partial charge in [-0.2, -0.15) is 0 Å². The first-order valence-electron chi connectivity index (χ1n) is 11.1. The second kappa shape index (κ2) is 16.6. The van der Waals surface area contributed by atoms with E-state index < -0.39 is 6.09 Å². The highest BCUT2D eigenvalue weighted by Crippen LogP contribution is 2.20. The summed E-state index contributed by atoms with van der Waals surface area (Å²) in [6, 6.07) is 20.2. The molecule has 2 aromatic carbocycles. The molecule has 1 unspecified atom stereocenters. The molecular weight excluding hydrogens is 436 g/mol. The fourth-order valence-corrected chi connectivity index (χ4v) is 3.25. The second-order valence-electron chi connectivity index (χ2n) is 7.41. The molecule has 2 heterocycles. The van der Waals surface area contributed by atoms with Crippen LogP contribution >= 0.6 is 0 Å². The summed E-state index contributed by atoms with van der Waals surface area (Å²) in [5.74, 6) is 0. The van der Waals surface area contributed by atoms with Crippen molar-refractivity contribution in [3.63, 3.8) is 0 Å². The lowest BCUT2D eigenvalue weighted by Gasteiger charge is -2.11. The topological polar surface area (TPSA) is 92.0 Å². The number of carbonyl (C=O) groups excluding carboxylic acids is 1. The fourth-order valence-electron chi connectivity index (χ4n) is 3.25. The van der Waals surface area contributed by atoms with E-state index in [2.05, 4.69) is 4.98 Å². The highest BCUT2D eigenvalue weighted by Gasteiger charge is 2.28. The maximum Gasteiger partial charge on any atom is 0.419 e. The van der Waals surface area contributed by atoms with Crippen LogP contribution in [0.3, 0.4) is 0 Å². The number of rotatable bonds is 8. The Hall–Kier alpha value is -3.04. The summed E-state index contributed by atoms with van der Waals surface area (Å²) in [5, 5.41) is 7.00. The molecule has 0 spiro atoms. The van der Waals surface area contributed by atoms with E-state index >= 15 is 0 Å². The Bertz CT molecular complexity index is 890. The van der Waals surface area contributed by atoms with Gasteiger partial charge in [0.15, 0.2) is 0 Å². The molecule has 1 aliphatic rings. The van der Waals surface area contributed by atoms with Gasteiger partial charge in [0, 0.05) is 39.6 Å². The highest BCUT2D eigenvalue weighted by molar-refractivity contribution is 5.70. The molecule has 1 aromatic heterocycles. The number of aromatic nitrogens is 2. The number of nitrogens with zero attached hydrogens (tertiary/aromatic N) is 2. The van der Waals surface area contributed by atoms with Gasteiger partial charge in [0.2, 0.25) is 0 Å². The van der Waals surface area contributed by atoms with Gasteiger partial charge in [0.25, 0.3) is 0 Å². The zero-order valence-corrected chi connectivity index (χ0v) is 19.8. The number of imidazole rings is 1. The molecule has 0 saturated carbocycles. The second-order valence-corrected chi connectivity index (χ2v) is 7.41. The van der Waals surface area contributed by atoms with Gasteiger partial charge >= 0.3 is 6.09 Å². The third-order valence-corrected chi connectivity index (χ3v) is 4.88. The fraction of sp³-hybridized carbons (Fsp3) is 0.385. The number of ether oxygens (including phenoxy) is 4. The quantitative estimate of drug-likeness (QED) is 0.496. The van der Waals surface area contributed by atoms with Crippen LogP contribution in [-0.2, 0) is 32.2 Å². The summed E-state index contributed by atoms with van der Waals surface area (Å²) in [6.07, 6.45) is 5.48. The maximum atomic E-state index is 11.8. The molecule has 8 heteroatoms. The minimum atomic E-state index is -0.419. The monoisotopic (exact) mass is 470 g/mol. The predicted octanol–water partition coefficient (Wildman–Crippen LogP) is 4.07. The summed E-state index contributed by atoms with van der Waals surface area (Å²) in [6.45, 7) is 2.37. The average Bonchev–Trinajstić information content (AvgIpc) is 3.58. The molecule has 1 saturated heterocycles. The molecule has 0 aliphatic carbocycles. The van der Waals surface area contributed by atoms with Crippen molar-refractivity contribution < 1.29 is 28.8 Å². The van der Waals surface area contributed by atoms with Gasteiger partial charge in [0.1, 0.15) is 12.4 Å². The van der Waals surface area contributed by atoms with E-state index in [1.165, 1.54) is 16.5 Å². The van der Waals surface area contributed by atoms with Crippen molar-refractivity contribution in [1.82, 2.24) is 9.55 Å². The number of aliphatic hydroxyl groups excluding tert-OH is 1. The number of aliphatic hydroxyl groups is 1. The highest BCUT2D eigenvalue weighted by atomic mass is 16.6. The molecule has 3 aromatic rings. The van der Waals surface area contributed by atoms with Gasteiger partial charge in [-0.1, -0.05) is 60.7 Å². The van der Waals surface area contributed by atoms with Gasteiger partial charge in [-0.05, 0) is 17.5 Å². The Balaban J connectivity index is 0.000000311. The molecule has 1 N–H and O–H groups in total. The van der Waals surface area contributed by atoms with E-state index in [-0.39, 0.29) is 12.2 Å². The van der Waals surface area contributed by atoms with E-state index in [1.54, 1.807) is 19.5 Å². The first-order chi connectivity index (χ1) is 16.7. The lowest BCUT2D eigenvalue weighted by molar-refractivity contribution is 0.0455.